The maximum Gasteiger partial charge on any atom is 0.319 e. The Labute approximate surface area is 162 Å². The predicted molar refractivity (Wildman–Crippen MR) is 103 cm³/mol. The van der Waals surface area contributed by atoms with E-state index >= 15 is 0 Å². The van der Waals surface area contributed by atoms with E-state index in [-0.39, 0.29) is 17.7 Å². The minimum absolute atomic E-state index is 0.0337. The van der Waals surface area contributed by atoms with E-state index in [4.69, 9.17) is 16.3 Å². The molecule has 2 aliphatic rings. The van der Waals surface area contributed by atoms with Crippen LogP contribution in [0.4, 0.5) is 4.79 Å². The molecule has 138 valence electrons. The monoisotopic (exact) mass is 382 g/mol. The first-order valence-corrected chi connectivity index (χ1v) is 9.16. The zero-order chi connectivity index (χ0) is 19.0. The molecule has 1 aliphatic heterocycles. The number of ketones is 1. The summed E-state index contributed by atoms with van der Waals surface area (Å²) in [6.45, 7) is 0. The number of methoxy groups -OCH3 is 1. The van der Waals surface area contributed by atoms with E-state index in [1.807, 2.05) is 36.4 Å². The van der Waals surface area contributed by atoms with Crippen molar-refractivity contribution in [1.82, 2.24) is 10.6 Å². The molecule has 6 heteroatoms. The van der Waals surface area contributed by atoms with Crippen molar-refractivity contribution in [2.45, 2.75) is 24.8 Å². The Kier molecular flexibility index (Phi) is 4.62. The largest absolute Gasteiger partial charge is 0.497 e. The zero-order valence-electron chi connectivity index (χ0n) is 14.8. The summed E-state index contributed by atoms with van der Waals surface area (Å²) < 4.78 is 5.20. The predicted octanol–water partition coefficient (Wildman–Crippen LogP) is 4.10. The molecule has 0 saturated heterocycles. The summed E-state index contributed by atoms with van der Waals surface area (Å²) in [5.74, 6) is 0.856. The maximum atomic E-state index is 13.0. The Morgan fingerprint density at radius 2 is 1.63 bits per heavy atom. The second-order valence-electron chi connectivity index (χ2n) is 6.78. The standard InChI is InChI=1S/C21H19ClN2O3/c1-27-16-8-4-12(5-9-16)14-10-17-19(18(25)11-14)20(24-21(26)23-17)13-2-6-15(22)7-3-13/h2-9,14,20H,10-11H2,1H3,(H2,23,24,26)/t14-,20+/m0/s1. The molecule has 2 amide bonds. The van der Waals surface area contributed by atoms with E-state index in [2.05, 4.69) is 10.6 Å². The molecule has 0 spiro atoms. The normalized spacial score (nSPS) is 22.0. The number of Topliss-reactive ketones (excluding diaryl/α,β-unsaturated/α-hetero) is 1. The molecule has 2 aromatic rings. The summed E-state index contributed by atoms with van der Waals surface area (Å²) in [5.41, 5.74) is 3.25. The lowest BCUT2D eigenvalue weighted by atomic mass is 9.78. The van der Waals surface area contributed by atoms with Crippen LogP contribution >= 0.6 is 11.6 Å². The third-order valence-electron chi connectivity index (χ3n) is 5.13. The zero-order valence-corrected chi connectivity index (χ0v) is 15.5. The second kappa shape index (κ2) is 7.08. The second-order valence-corrected chi connectivity index (χ2v) is 7.21. The molecule has 0 aromatic heterocycles. The topological polar surface area (TPSA) is 67.4 Å². The molecule has 2 atom stereocenters. The lowest BCUT2D eigenvalue weighted by Gasteiger charge is -2.35. The number of hydrogen-bond acceptors (Lipinski definition) is 3. The van der Waals surface area contributed by atoms with E-state index in [0.717, 1.165) is 16.9 Å². The molecule has 0 unspecified atom stereocenters. The number of nitrogens with one attached hydrogen (secondary N) is 2. The van der Waals surface area contributed by atoms with Gasteiger partial charge < -0.3 is 15.4 Å². The average Bonchev–Trinajstić information content (AvgIpc) is 2.67. The van der Waals surface area contributed by atoms with Crippen LogP contribution in [-0.2, 0) is 4.79 Å². The van der Waals surface area contributed by atoms with Gasteiger partial charge in [-0.25, -0.2) is 4.79 Å². The number of hydrogen-bond donors (Lipinski definition) is 2. The molecular weight excluding hydrogens is 364 g/mol. The first-order chi connectivity index (χ1) is 13.0. The van der Waals surface area contributed by atoms with E-state index in [9.17, 15) is 9.59 Å². The van der Waals surface area contributed by atoms with Crippen LogP contribution < -0.4 is 15.4 Å². The van der Waals surface area contributed by atoms with Gasteiger partial charge in [-0.2, -0.15) is 0 Å². The van der Waals surface area contributed by atoms with Gasteiger partial charge in [0, 0.05) is 22.7 Å². The van der Waals surface area contributed by atoms with Crippen molar-refractivity contribution in [2.75, 3.05) is 7.11 Å². The molecule has 2 aromatic carbocycles. The quantitative estimate of drug-likeness (QED) is 0.839. The molecule has 0 radical (unpaired) electrons. The lowest BCUT2D eigenvalue weighted by molar-refractivity contribution is -0.116. The summed E-state index contributed by atoms with van der Waals surface area (Å²) in [5, 5.41) is 6.32. The van der Waals surface area contributed by atoms with Crippen molar-refractivity contribution < 1.29 is 14.3 Å². The third kappa shape index (κ3) is 3.43. The number of ether oxygens (including phenoxy) is 1. The highest BCUT2D eigenvalue weighted by Crippen LogP contribution is 2.40. The number of carbonyl (C=O) groups is 2. The van der Waals surface area contributed by atoms with Crippen LogP contribution in [0.15, 0.2) is 59.8 Å². The van der Waals surface area contributed by atoms with Gasteiger partial charge in [0.25, 0.3) is 0 Å². The van der Waals surface area contributed by atoms with Gasteiger partial charge in [0.05, 0.1) is 13.2 Å². The summed E-state index contributed by atoms with van der Waals surface area (Å²) in [7, 11) is 1.62. The number of amides is 2. The van der Waals surface area contributed by atoms with Gasteiger partial charge in [-0.1, -0.05) is 35.9 Å². The van der Waals surface area contributed by atoms with Crippen LogP contribution in [0.2, 0.25) is 5.02 Å². The summed E-state index contributed by atoms with van der Waals surface area (Å²) in [6.07, 6.45) is 1.03. The minimum Gasteiger partial charge on any atom is -0.497 e. The van der Waals surface area contributed by atoms with E-state index in [0.29, 0.717) is 29.1 Å². The third-order valence-corrected chi connectivity index (χ3v) is 5.38. The van der Waals surface area contributed by atoms with Crippen molar-refractivity contribution in [3.8, 4) is 5.75 Å². The van der Waals surface area contributed by atoms with E-state index in [1.54, 1.807) is 19.2 Å². The van der Waals surface area contributed by atoms with Crippen molar-refractivity contribution in [3.63, 3.8) is 0 Å². The summed E-state index contributed by atoms with van der Waals surface area (Å²) in [6, 6.07) is 14.2. The highest BCUT2D eigenvalue weighted by Gasteiger charge is 2.37. The first kappa shape index (κ1) is 17.6. The van der Waals surface area contributed by atoms with Gasteiger partial charge in [0.2, 0.25) is 0 Å². The Morgan fingerprint density at radius 1 is 0.963 bits per heavy atom. The Bertz CT molecular complexity index is 919. The van der Waals surface area contributed by atoms with Crippen molar-refractivity contribution in [3.05, 3.63) is 76.0 Å². The molecule has 2 N–H and O–H groups in total. The van der Waals surface area contributed by atoms with Crippen molar-refractivity contribution >= 4 is 23.4 Å². The molecule has 1 heterocycles. The SMILES string of the molecule is COc1ccc([C@@H]2CC(=O)C3=C(C2)NC(=O)N[C@@H]3c2ccc(Cl)cc2)cc1. The molecule has 1 aliphatic carbocycles. The number of halogens is 1. The molecule has 4 rings (SSSR count). The molecule has 0 fully saturated rings. The minimum atomic E-state index is -0.449. The fourth-order valence-corrected chi connectivity index (χ4v) is 3.90. The maximum absolute atomic E-state index is 13.0. The number of rotatable bonds is 3. The van der Waals surface area contributed by atoms with Gasteiger partial charge in [0.15, 0.2) is 5.78 Å². The van der Waals surface area contributed by atoms with Gasteiger partial charge >= 0.3 is 6.03 Å². The van der Waals surface area contributed by atoms with Gasteiger partial charge in [0.1, 0.15) is 5.75 Å². The number of carbonyl (C=O) groups excluding carboxylic acids is 2. The number of allylic oxidation sites excluding steroid dienone is 1. The van der Waals surface area contributed by atoms with E-state index < -0.39 is 6.04 Å². The Morgan fingerprint density at radius 3 is 2.30 bits per heavy atom. The smallest absolute Gasteiger partial charge is 0.319 e. The van der Waals surface area contributed by atoms with Crippen LogP contribution in [0.25, 0.3) is 0 Å². The van der Waals surface area contributed by atoms with Crippen molar-refractivity contribution in [1.29, 1.82) is 0 Å². The fraction of sp³-hybridized carbons (Fsp3) is 0.238. The summed E-state index contributed by atoms with van der Waals surface area (Å²) in [4.78, 5) is 25.2. The lowest BCUT2D eigenvalue weighted by Crippen LogP contribution is -2.47. The van der Waals surface area contributed by atoms with E-state index in [1.165, 1.54) is 0 Å². The first-order valence-electron chi connectivity index (χ1n) is 8.78. The van der Waals surface area contributed by atoms with Crippen LogP contribution in [0.3, 0.4) is 0 Å². The van der Waals surface area contributed by atoms with Gasteiger partial charge in [-0.15, -0.1) is 0 Å². The van der Waals surface area contributed by atoms with Crippen LogP contribution in [0.1, 0.15) is 35.9 Å². The van der Waals surface area contributed by atoms with Crippen LogP contribution in [-0.4, -0.2) is 18.9 Å². The molecule has 0 saturated carbocycles. The summed E-state index contributed by atoms with van der Waals surface area (Å²) >= 11 is 5.97. The molecule has 5 nitrogen and oxygen atoms in total. The number of urea groups is 1. The van der Waals surface area contributed by atoms with Crippen LogP contribution in [0.5, 0.6) is 5.75 Å². The Balaban J connectivity index is 1.67. The number of benzene rings is 2. The molecule has 0 bridgehead atoms. The van der Waals surface area contributed by atoms with Gasteiger partial charge in [-0.05, 0) is 47.7 Å². The van der Waals surface area contributed by atoms with Crippen LogP contribution in [0, 0.1) is 0 Å². The highest BCUT2D eigenvalue weighted by molar-refractivity contribution is 6.30. The molecule has 27 heavy (non-hydrogen) atoms. The fourth-order valence-electron chi connectivity index (χ4n) is 3.78. The Hall–Kier alpha value is -2.79. The highest BCUT2D eigenvalue weighted by atomic mass is 35.5. The van der Waals surface area contributed by atoms with Gasteiger partial charge in [-0.3, -0.25) is 4.79 Å². The average molecular weight is 383 g/mol. The molecular formula is C21H19ClN2O3. The van der Waals surface area contributed by atoms with Crippen molar-refractivity contribution in [2.24, 2.45) is 0 Å².